The van der Waals surface area contributed by atoms with Gasteiger partial charge in [-0.15, -0.1) is 0 Å². The number of hydrogen-bond donors (Lipinski definition) is 0. The van der Waals surface area contributed by atoms with Gasteiger partial charge < -0.3 is 14.5 Å². The number of hydrogen-bond acceptors (Lipinski definition) is 6. The number of thiazole rings is 1. The number of aromatic nitrogens is 1. The van der Waals surface area contributed by atoms with Gasteiger partial charge in [-0.3, -0.25) is 9.59 Å². The average Bonchev–Trinajstić information content (AvgIpc) is 3.06. The quantitative estimate of drug-likeness (QED) is 0.766. The maximum Gasteiger partial charge on any atom is 0.310 e. The lowest BCUT2D eigenvalue weighted by atomic mass is 9.98. The zero-order chi connectivity index (χ0) is 17.8. The molecule has 0 radical (unpaired) electrons. The summed E-state index contributed by atoms with van der Waals surface area (Å²) >= 11 is 1.58. The normalized spacial score (nSPS) is 17.5. The molecular weight excluding hydrogens is 338 g/mol. The SMILES string of the molecule is CCOC(=O)C1CCCN(C(=O)CN(C)c2nc3ccccc3s2)C1. The van der Waals surface area contributed by atoms with E-state index in [4.69, 9.17) is 4.74 Å². The van der Waals surface area contributed by atoms with Crippen molar-refractivity contribution in [2.45, 2.75) is 19.8 Å². The Hall–Kier alpha value is -2.15. The molecule has 2 heterocycles. The fourth-order valence-electron chi connectivity index (χ4n) is 3.05. The number of amides is 1. The largest absolute Gasteiger partial charge is 0.466 e. The minimum Gasteiger partial charge on any atom is -0.466 e. The number of likely N-dealkylation sites (tertiary alicyclic amines) is 1. The lowest BCUT2D eigenvalue weighted by molar-refractivity contribution is -0.151. The smallest absolute Gasteiger partial charge is 0.310 e. The van der Waals surface area contributed by atoms with Crippen LogP contribution in [-0.4, -0.2) is 55.0 Å². The van der Waals surface area contributed by atoms with E-state index in [1.165, 1.54) is 0 Å². The zero-order valence-electron chi connectivity index (χ0n) is 14.6. The molecule has 1 unspecified atom stereocenters. The van der Waals surface area contributed by atoms with Crippen LogP contribution >= 0.6 is 11.3 Å². The predicted molar refractivity (Wildman–Crippen MR) is 98.8 cm³/mol. The summed E-state index contributed by atoms with van der Waals surface area (Å²) in [6, 6.07) is 7.94. The molecule has 25 heavy (non-hydrogen) atoms. The predicted octanol–water partition coefficient (Wildman–Crippen LogP) is 2.53. The monoisotopic (exact) mass is 361 g/mol. The molecule has 1 aliphatic rings. The third-order valence-corrected chi connectivity index (χ3v) is 5.53. The number of carbonyl (C=O) groups excluding carboxylic acids is 2. The van der Waals surface area contributed by atoms with Gasteiger partial charge in [0.2, 0.25) is 5.91 Å². The van der Waals surface area contributed by atoms with Gasteiger partial charge in [0.15, 0.2) is 5.13 Å². The van der Waals surface area contributed by atoms with E-state index in [1.807, 2.05) is 36.2 Å². The van der Waals surface area contributed by atoms with E-state index >= 15 is 0 Å². The van der Waals surface area contributed by atoms with E-state index in [0.717, 1.165) is 28.2 Å². The molecule has 0 aliphatic carbocycles. The molecule has 0 N–H and O–H groups in total. The highest BCUT2D eigenvalue weighted by atomic mass is 32.1. The fourth-order valence-corrected chi connectivity index (χ4v) is 3.98. The first-order valence-corrected chi connectivity index (χ1v) is 9.41. The number of anilines is 1. The Morgan fingerprint density at radius 1 is 1.40 bits per heavy atom. The maximum absolute atomic E-state index is 12.6. The van der Waals surface area contributed by atoms with Crippen LogP contribution in [0.3, 0.4) is 0 Å². The topological polar surface area (TPSA) is 62.7 Å². The number of piperidine rings is 1. The molecule has 0 spiro atoms. The Morgan fingerprint density at radius 3 is 2.96 bits per heavy atom. The molecule has 1 aromatic carbocycles. The molecule has 2 aromatic rings. The summed E-state index contributed by atoms with van der Waals surface area (Å²) in [5, 5.41) is 0.827. The highest BCUT2D eigenvalue weighted by Gasteiger charge is 2.29. The summed E-state index contributed by atoms with van der Waals surface area (Å²) in [6.45, 7) is 3.59. The second-order valence-corrected chi connectivity index (χ2v) is 7.26. The average molecular weight is 361 g/mol. The van der Waals surface area contributed by atoms with Crippen LogP contribution in [-0.2, 0) is 14.3 Å². The second kappa shape index (κ2) is 7.82. The van der Waals surface area contributed by atoms with Crippen molar-refractivity contribution < 1.29 is 14.3 Å². The van der Waals surface area contributed by atoms with Gasteiger partial charge in [0, 0.05) is 20.1 Å². The minimum absolute atomic E-state index is 0.0238. The van der Waals surface area contributed by atoms with Crippen molar-refractivity contribution in [1.82, 2.24) is 9.88 Å². The molecule has 6 nitrogen and oxygen atoms in total. The van der Waals surface area contributed by atoms with Crippen molar-refractivity contribution in [3.05, 3.63) is 24.3 Å². The van der Waals surface area contributed by atoms with Gasteiger partial charge in [0.1, 0.15) is 0 Å². The van der Waals surface area contributed by atoms with E-state index in [9.17, 15) is 9.59 Å². The van der Waals surface area contributed by atoms with E-state index in [1.54, 1.807) is 23.2 Å². The summed E-state index contributed by atoms with van der Waals surface area (Å²) < 4.78 is 6.21. The third-order valence-electron chi connectivity index (χ3n) is 4.38. The van der Waals surface area contributed by atoms with Gasteiger partial charge in [-0.1, -0.05) is 23.5 Å². The van der Waals surface area contributed by atoms with Crippen LogP contribution in [0, 0.1) is 5.92 Å². The number of nitrogens with zero attached hydrogens (tertiary/aromatic N) is 3. The number of rotatable bonds is 5. The highest BCUT2D eigenvalue weighted by Crippen LogP contribution is 2.28. The van der Waals surface area contributed by atoms with Crippen LogP contribution in [0.15, 0.2) is 24.3 Å². The number of ether oxygens (including phenoxy) is 1. The van der Waals surface area contributed by atoms with Crippen molar-refractivity contribution in [3.8, 4) is 0 Å². The standard InChI is InChI=1S/C18H23N3O3S/c1-3-24-17(23)13-7-6-10-21(11-13)16(22)12-20(2)18-19-14-8-4-5-9-15(14)25-18/h4-5,8-9,13H,3,6-7,10-12H2,1-2H3. The maximum atomic E-state index is 12.6. The van der Waals surface area contributed by atoms with Crippen molar-refractivity contribution in [2.24, 2.45) is 5.92 Å². The van der Waals surface area contributed by atoms with Crippen molar-refractivity contribution in [3.63, 3.8) is 0 Å². The van der Waals surface area contributed by atoms with Gasteiger partial charge in [0.05, 0.1) is 29.3 Å². The lowest BCUT2D eigenvalue weighted by Crippen LogP contribution is -2.46. The van der Waals surface area contributed by atoms with Crippen LogP contribution in [0.25, 0.3) is 10.2 Å². The third kappa shape index (κ3) is 4.10. The molecule has 1 saturated heterocycles. The molecule has 0 saturated carbocycles. The number of likely N-dealkylation sites (N-methyl/N-ethyl adjacent to an activating group) is 1. The molecule has 1 atom stereocenters. The first kappa shape index (κ1) is 17.7. The summed E-state index contributed by atoms with van der Waals surface area (Å²) in [5.74, 6) is -0.374. The fraction of sp³-hybridized carbons (Fsp3) is 0.500. The summed E-state index contributed by atoms with van der Waals surface area (Å²) in [5.41, 5.74) is 0.946. The van der Waals surface area contributed by atoms with E-state index in [-0.39, 0.29) is 24.3 Å². The Morgan fingerprint density at radius 2 is 2.20 bits per heavy atom. The van der Waals surface area contributed by atoms with Gasteiger partial charge >= 0.3 is 5.97 Å². The van der Waals surface area contributed by atoms with Crippen molar-refractivity contribution in [2.75, 3.05) is 38.2 Å². The van der Waals surface area contributed by atoms with Crippen LogP contribution in [0.2, 0.25) is 0 Å². The molecule has 1 aromatic heterocycles. The Kier molecular flexibility index (Phi) is 5.53. The van der Waals surface area contributed by atoms with Gasteiger partial charge in [-0.2, -0.15) is 0 Å². The van der Waals surface area contributed by atoms with Crippen LogP contribution in [0.5, 0.6) is 0 Å². The lowest BCUT2D eigenvalue weighted by Gasteiger charge is -2.32. The molecule has 1 fully saturated rings. The Bertz CT molecular complexity index is 728. The summed E-state index contributed by atoms with van der Waals surface area (Å²) in [4.78, 5) is 32.8. The second-order valence-electron chi connectivity index (χ2n) is 6.25. The first-order valence-electron chi connectivity index (χ1n) is 8.59. The Labute approximate surface area is 151 Å². The van der Waals surface area contributed by atoms with E-state index in [0.29, 0.717) is 19.7 Å². The molecule has 1 amide bonds. The van der Waals surface area contributed by atoms with Gasteiger partial charge in [0.25, 0.3) is 0 Å². The summed E-state index contributed by atoms with van der Waals surface area (Å²) in [6.07, 6.45) is 1.62. The van der Waals surface area contributed by atoms with Gasteiger partial charge in [-0.25, -0.2) is 4.98 Å². The number of esters is 1. The number of fused-ring (bicyclic) bond motifs is 1. The van der Waals surface area contributed by atoms with E-state index < -0.39 is 0 Å². The molecule has 1 aliphatic heterocycles. The molecule has 0 bridgehead atoms. The highest BCUT2D eigenvalue weighted by molar-refractivity contribution is 7.22. The molecular formula is C18H23N3O3S. The van der Waals surface area contributed by atoms with E-state index in [2.05, 4.69) is 4.98 Å². The van der Waals surface area contributed by atoms with Crippen LogP contribution in [0.4, 0.5) is 5.13 Å². The summed E-state index contributed by atoms with van der Waals surface area (Å²) in [7, 11) is 1.88. The number of carbonyl (C=O) groups is 2. The Balaban J connectivity index is 1.61. The van der Waals surface area contributed by atoms with Crippen LogP contribution < -0.4 is 4.90 Å². The molecule has 7 heteroatoms. The van der Waals surface area contributed by atoms with Crippen molar-refractivity contribution >= 4 is 38.6 Å². The molecule has 134 valence electrons. The molecule has 3 rings (SSSR count). The number of benzene rings is 1. The first-order chi connectivity index (χ1) is 12.1. The van der Waals surface area contributed by atoms with Crippen LogP contribution in [0.1, 0.15) is 19.8 Å². The minimum atomic E-state index is -0.203. The zero-order valence-corrected chi connectivity index (χ0v) is 15.4. The van der Waals surface area contributed by atoms with Gasteiger partial charge in [-0.05, 0) is 31.9 Å². The van der Waals surface area contributed by atoms with Crippen molar-refractivity contribution in [1.29, 1.82) is 0 Å². The number of para-hydroxylation sites is 1.